The van der Waals surface area contributed by atoms with Gasteiger partial charge in [-0.3, -0.25) is 4.79 Å². The lowest BCUT2D eigenvalue weighted by molar-refractivity contribution is -0.116. The van der Waals surface area contributed by atoms with E-state index in [1.165, 1.54) is 5.56 Å². The lowest BCUT2D eigenvalue weighted by Crippen LogP contribution is -2.12. The summed E-state index contributed by atoms with van der Waals surface area (Å²) in [6.45, 7) is 6.26. The molecule has 2 N–H and O–H groups in total. The van der Waals surface area contributed by atoms with E-state index in [4.69, 9.17) is 0 Å². The molecule has 0 aliphatic carbocycles. The minimum absolute atomic E-state index is 0.0354. The number of benzene rings is 2. The topological polar surface area (TPSA) is 57.8 Å². The number of carbonyl (C=O) groups excluding carboxylic acids is 1. The Morgan fingerprint density at radius 1 is 1.17 bits per heavy atom. The number of aryl methyl sites for hydroxylation is 2. The molecule has 24 heavy (non-hydrogen) atoms. The first-order chi connectivity index (χ1) is 11.5. The number of imidazole rings is 1. The monoisotopic (exact) mass is 321 g/mol. The van der Waals surface area contributed by atoms with Gasteiger partial charge in [0.2, 0.25) is 5.91 Å². The van der Waals surface area contributed by atoms with Gasteiger partial charge >= 0.3 is 0 Å². The van der Waals surface area contributed by atoms with Crippen molar-refractivity contribution in [2.45, 2.75) is 39.5 Å². The van der Waals surface area contributed by atoms with E-state index >= 15 is 0 Å². The van der Waals surface area contributed by atoms with Crippen LogP contribution in [0.25, 0.3) is 11.0 Å². The average Bonchev–Trinajstić information content (AvgIpc) is 2.92. The predicted molar refractivity (Wildman–Crippen MR) is 98.3 cm³/mol. The van der Waals surface area contributed by atoms with Crippen molar-refractivity contribution < 1.29 is 4.79 Å². The first-order valence-electron chi connectivity index (χ1n) is 8.36. The maximum Gasteiger partial charge on any atom is 0.224 e. The number of hydrogen-bond donors (Lipinski definition) is 2. The molecule has 0 aliphatic heterocycles. The first-order valence-corrected chi connectivity index (χ1v) is 8.36. The van der Waals surface area contributed by atoms with Crippen molar-refractivity contribution >= 4 is 22.6 Å². The highest BCUT2D eigenvalue weighted by atomic mass is 16.1. The molecule has 0 unspecified atom stereocenters. The Labute approximate surface area is 142 Å². The highest BCUT2D eigenvalue weighted by Crippen LogP contribution is 2.18. The van der Waals surface area contributed by atoms with Gasteiger partial charge in [0.25, 0.3) is 0 Å². The molecule has 3 rings (SSSR count). The van der Waals surface area contributed by atoms with E-state index in [1.54, 1.807) is 0 Å². The van der Waals surface area contributed by atoms with Gasteiger partial charge in [0.1, 0.15) is 5.82 Å². The third-order valence-electron chi connectivity index (χ3n) is 4.17. The van der Waals surface area contributed by atoms with E-state index in [9.17, 15) is 4.79 Å². The van der Waals surface area contributed by atoms with Crippen LogP contribution in [0.15, 0.2) is 42.5 Å². The van der Waals surface area contributed by atoms with Crippen LogP contribution in [-0.2, 0) is 11.2 Å². The molecule has 0 bridgehead atoms. The second kappa shape index (κ2) is 6.87. The molecular weight excluding hydrogens is 298 g/mol. The third-order valence-corrected chi connectivity index (χ3v) is 4.17. The van der Waals surface area contributed by atoms with Gasteiger partial charge in [0.15, 0.2) is 0 Å². The van der Waals surface area contributed by atoms with Crippen LogP contribution in [0, 0.1) is 6.92 Å². The Kier molecular flexibility index (Phi) is 4.65. The summed E-state index contributed by atoms with van der Waals surface area (Å²) in [5.41, 5.74) is 5.25. The summed E-state index contributed by atoms with van der Waals surface area (Å²) >= 11 is 0. The number of rotatable bonds is 5. The van der Waals surface area contributed by atoms with Crippen LogP contribution in [0.4, 0.5) is 5.69 Å². The van der Waals surface area contributed by atoms with Gasteiger partial charge in [-0.25, -0.2) is 4.98 Å². The van der Waals surface area contributed by atoms with Gasteiger partial charge in [-0.05, 0) is 54.7 Å². The van der Waals surface area contributed by atoms with Gasteiger partial charge in [0.05, 0.1) is 11.0 Å². The number of hydrogen-bond acceptors (Lipinski definition) is 2. The number of amides is 1. The summed E-state index contributed by atoms with van der Waals surface area (Å²) < 4.78 is 0. The van der Waals surface area contributed by atoms with Gasteiger partial charge in [0, 0.05) is 12.1 Å². The SMILES string of the molecule is Cc1nc2ccc(CCC(=O)Nc3ccc(C(C)C)cc3)cc2[nH]1. The summed E-state index contributed by atoms with van der Waals surface area (Å²) in [5, 5.41) is 2.96. The lowest BCUT2D eigenvalue weighted by Gasteiger charge is -2.08. The summed E-state index contributed by atoms with van der Waals surface area (Å²) in [7, 11) is 0. The van der Waals surface area contributed by atoms with E-state index < -0.39 is 0 Å². The van der Waals surface area contributed by atoms with E-state index in [2.05, 4.69) is 47.3 Å². The standard InChI is InChI=1S/C20H23N3O/c1-13(2)16-6-8-17(9-7-16)23-20(24)11-5-15-4-10-18-19(12-15)22-14(3)21-18/h4,6-10,12-13H,5,11H2,1-3H3,(H,21,22)(H,23,24). The van der Waals surface area contributed by atoms with Crippen molar-refractivity contribution in [1.29, 1.82) is 0 Å². The van der Waals surface area contributed by atoms with Crippen LogP contribution in [0.3, 0.4) is 0 Å². The molecule has 4 heteroatoms. The van der Waals surface area contributed by atoms with Crippen LogP contribution in [0.5, 0.6) is 0 Å². The first kappa shape index (κ1) is 16.2. The predicted octanol–water partition coefficient (Wildman–Crippen LogP) is 4.57. The Balaban J connectivity index is 1.57. The van der Waals surface area contributed by atoms with Gasteiger partial charge in [-0.2, -0.15) is 0 Å². The zero-order valence-electron chi connectivity index (χ0n) is 14.4. The van der Waals surface area contributed by atoms with Gasteiger partial charge in [-0.15, -0.1) is 0 Å². The van der Waals surface area contributed by atoms with Crippen LogP contribution >= 0.6 is 0 Å². The lowest BCUT2D eigenvalue weighted by atomic mass is 10.0. The molecule has 1 heterocycles. The third kappa shape index (κ3) is 3.82. The van der Waals surface area contributed by atoms with Gasteiger partial charge in [-0.1, -0.05) is 32.0 Å². The van der Waals surface area contributed by atoms with E-state index in [0.717, 1.165) is 28.1 Å². The highest BCUT2D eigenvalue weighted by molar-refractivity contribution is 5.90. The van der Waals surface area contributed by atoms with Gasteiger partial charge < -0.3 is 10.3 Å². The van der Waals surface area contributed by atoms with E-state index in [0.29, 0.717) is 18.8 Å². The second-order valence-corrected chi connectivity index (χ2v) is 6.50. The van der Waals surface area contributed by atoms with Crippen molar-refractivity contribution in [3.63, 3.8) is 0 Å². The fraction of sp³-hybridized carbons (Fsp3) is 0.300. The molecular formula is C20H23N3O. The number of nitrogens with zero attached hydrogens (tertiary/aromatic N) is 1. The number of anilines is 1. The maximum absolute atomic E-state index is 12.1. The quantitative estimate of drug-likeness (QED) is 0.723. The largest absolute Gasteiger partial charge is 0.342 e. The number of H-pyrrole nitrogens is 1. The Morgan fingerprint density at radius 3 is 2.62 bits per heavy atom. The molecule has 0 saturated heterocycles. The van der Waals surface area contributed by atoms with Crippen molar-refractivity contribution in [2.24, 2.45) is 0 Å². The minimum atomic E-state index is 0.0354. The molecule has 0 saturated carbocycles. The maximum atomic E-state index is 12.1. The fourth-order valence-corrected chi connectivity index (χ4v) is 2.77. The van der Waals surface area contributed by atoms with Crippen LogP contribution < -0.4 is 5.32 Å². The summed E-state index contributed by atoms with van der Waals surface area (Å²) in [5.74, 6) is 1.44. The molecule has 4 nitrogen and oxygen atoms in total. The van der Waals surface area contributed by atoms with Crippen molar-refractivity contribution in [3.05, 3.63) is 59.4 Å². The number of nitrogens with one attached hydrogen (secondary N) is 2. The number of fused-ring (bicyclic) bond motifs is 1. The zero-order valence-corrected chi connectivity index (χ0v) is 14.4. The van der Waals surface area contributed by atoms with Crippen molar-refractivity contribution in [2.75, 3.05) is 5.32 Å². The highest BCUT2D eigenvalue weighted by Gasteiger charge is 2.06. The summed E-state index contributed by atoms with van der Waals surface area (Å²) in [4.78, 5) is 19.8. The Hall–Kier alpha value is -2.62. The Morgan fingerprint density at radius 2 is 1.92 bits per heavy atom. The molecule has 1 amide bonds. The average molecular weight is 321 g/mol. The molecule has 2 aromatic carbocycles. The Bertz CT molecular complexity index is 847. The molecule has 0 spiro atoms. The number of carbonyl (C=O) groups is 1. The minimum Gasteiger partial charge on any atom is -0.342 e. The number of aromatic nitrogens is 2. The summed E-state index contributed by atoms with van der Waals surface area (Å²) in [6, 6.07) is 14.2. The van der Waals surface area contributed by atoms with Crippen molar-refractivity contribution in [1.82, 2.24) is 9.97 Å². The van der Waals surface area contributed by atoms with E-state index in [1.807, 2.05) is 31.2 Å². The molecule has 3 aromatic rings. The molecule has 0 atom stereocenters. The van der Waals surface area contributed by atoms with Crippen LogP contribution in [-0.4, -0.2) is 15.9 Å². The molecule has 124 valence electrons. The summed E-state index contributed by atoms with van der Waals surface area (Å²) in [6.07, 6.45) is 1.18. The fourth-order valence-electron chi connectivity index (χ4n) is 2.77. The second-order valence-electron chi connectivity index (χ2n) is 6.50. The van der Waals surface area contributed by atoms with Crippen molar-refractivity contribution in [3.8, 4) is 0 Å². The molecule has 0 radical (unpaired) electrons. The zero-order chi connectivity index (χ0) is 17.1. The van der Waals surface area contributed by atoms with Crippen LogP contribution in [0.2, 0.25) is 0 Å². The number of aromatic amines is 1. The molecule has 1 aromatic heterocycles. The normalized spacial score (nSPS) is 11.2. The molecule has 0 aliphatic rings. The molecule has 0 fully saturated rings. The van der Waals surface area contributed by atoms with Crippen LogP contribution in [0.1, 0.15) is 43.1 Å². The van der Waals surface area contributed by atoms with E-state index in [-0.39, 0.29) is 5.91 Å². The smallest absolute Gasteiger partial charge is 0.224 e.